The number of benzene rings is 1. The van der Waals surface area contributed by atoms with Gasteiger partial charge in [-0.15, -0.1) is 0 Å². The first-order chi connectivity index (χ1) is 9.86. The number of hydrogen-bond acceptors (Lipinski definition) is 5. The maximum Gasteiger partial charge on any atom is 0.231 e. The molecule has 0 amide bonds. The lowest BCUT2D eigenvalue weighted by molar-refractivity contribution is 0.160. The Bertz CT molecular complexity index is 445. The fourth-order valence-electron chi connectivity index (χ4n) is 2.65. The van der Waals surface area contributed by atoms with E-state index in [2.05, 4.69) is 12.2 Å². The summed E-state index contributed by atoms with van der Waals surface area (Å²) in [5.74, 6) is 2.89. The van der Waals surface area contributed by atoms with Gasteiger partial charge >= 0.3 is 0 Å². The van der Waals surface area contributed by atoms with Crippen molar-refractivity contribution in [2.45, 2.75) is 19.4 Å². The normalized spacial score (nSPS) is 21.9. The molecule has 1 saturated heterocycles. The van der Waals surface area contributed by atoms with Gasteiger partial charge in [-0.25, -0.2) is 0 Å². The Hall–Kier alpha value is -1.46. The van der Waals surface area contributed by atoms with E-state index < -0.39 is 0 Å². The highest BCUT2D eigenvalue weighted by Crippen LogP contribution is 2.35. The van der Waals surface area contributed by atoms with E-state index in [-0.39, 0.29) is 6.79 Å². The molecule has 3 rings (SSSR count). The Morgan fingerprint density at radius 2 is 2.25 bits per heavy atom. The van der Waals surface area contributed by atoms with Crippen molar-refractivity contribution in [1.82, 2.24) is 5.32 Å². The quantitative estimate of drug-likeness (QED) is 0.860. The minimum atomic E-state index is 0.290. The summed E-state index contributed by atoms with van der Waals surface area (Å²) < 4.78 is 22.0. The van der Waals surface area contributed by atoms with Crippen LogP contribution >= 0.6 is 0 Å². The summed E-state index contributed by atoms with van der Waals surface area (Å²) in [7, 11) is 0. The van der Waals surface area contributed by atoms with E-state index >= 15 is 0 Å². The molecule has 5 nitrogen and oxygen atoms in total. The lowest BCUT2D eigenvalue weighted by Crippen LogP contribution is -2.41. The third-order valence-electron chi connectivity index (χ3n) is 3.77. The molecule has 20 heavy (non-hydrogen) atoms. The molecule has 1 fully saturated rings. The van der Waals surface area contributed by atoms with Crippen molar-refractivity contribution in [1.29, 1.82) is 0 Å². The zero-order chi connectivity index (χ0) is 13.8. The van der Waals surface area contributed by atoms with E-state index in [4.69, 9.17) is 18.9 Å². The predicted octanol–water partition coefficient (Wildman–Crippen LogP) is 1.81. The van der Waals surface area contributed by atoms with E-state index in [1.165, 1.54) is 0 Å². The van der Waals surface area contributed by atoms with Crippen LogP contribution in [0.1, 0.15) is 13.3 Å². The van der Waals surface area contributed by atoms with Crippen molar-refractivity contribution in [2.75, 3.05) is 33.2 Å². The van der Waals surface area contributed by atoms with Crippen LogP contribution in [-0.2, 0) is 4.74 Å². The minimum Gasteiger partial charge on any atom is -0.492 e. The van der Waals surface area contributed by atoms with Crippen LogP contribution in [0.25, 0.3) is 0 Å². The lowest BCUT2D eigenvalue weighted by atomic mass is 10.00. The first kappa shape index (κ1) is 13.5. The van der Waals surface area contributed by atoms with E-state index in [0.29, 0.717) is 18.6 Å². The van der Waals surface area contributed by atoms with Gasteiger partial charge in [-0.1, -0.05) is 6.92 Å². The van der Waals surface area contributed by atoms with Gasteiger partial charge in [-0.05, 0) is 25.1 Å². The summed E-state index contributed by atoms with van der Waals surface area (Å²) in [5.41, 5.74) is 0. The average molecular weight is 279 g/mol. The highest BCUT2D eigenvalue weighted by Gasteiger charge is 2.25. The van der Waals surface area contributed by atoms with Crippen molar-refractivity contribution in [2.24, 2.45) is 5.92 Å². The molecule has 1 N–H and O–H groups in total. The van der Waals surface area contributed by atoms with E-state index in [9.17, 15) is 0 Å². The predicted molar refractivity (Wildman–Crippen MR) is 74.5 cm³/mol. The van der Waals surface area contributed by atoms with E-state index in [1.54, 1.807) is 0 Å². The Labute approximate surface area is 119 Å². The number of rotatable bonds is 6. The zero-order valence-electron chi connectivity index (χ0n) is 11.8. The molecule has 110 valence electrons. The fourth-order valence-corrected chi connectivity index (χ4v) is 2.65. The van der Waals surface area contributed by atoms with Crippen LogP contribution in [0, 0.1) is 5.92 Å². The van der Waals surface area contributed by atoms with E-state index in [1.807, 2.05) is 18.2 Å². The molecule has 1 aromatic rings. The molecule has 0 saturated carbocycles. The van der Waals surface area contributed by atoms with Crippen LogP contribution < -0.4 is 19.5 Å². The molecule has 0 radical (unpaired) electrons. The topological polar surface area (TPSA) is 49.0 Å². The van der Waals surface area contributed by atoms with Crippen LogP contribution in [0.15, 0.2) is 18.2 Å². The summed E-state index contributed by atoms with van der Waals surface area (Å²) in [5, 5.41) is 3.49. The summed E-state index contributed by atoms with van der Waals surface area (Å²) in [6.45, 7) is 5.66. The van der Waals surface area contributed by atoms with Crippen LogP contribution in [0.4, 0.5) is 0 Å². The number of hydrogen-bond donors (Lipinski definition) is 1. The van der Waals surface area contributed by atoms with Crippen LogP contribution in [0.5, 0.6) is 17.2 Å². The highest BCUT2D eigenvalue weighted by molar-refractivity contribution is 5.46. The van der Waals surface area contributed by atoms with Crippen molar-refractivity contribution in [3.8, 4) is 17.2 Å². The molecular weight excluding hydrogens is 258 g/mol. The highest BCUT2D eigenvalue weighted by atomic mass is 16.7. The SMILES string of the molecule is CCNC(COc1ccc2c(c1)OCO2)C1CCOC1. The molecule has 0 bridgehead atoms. The Kier molecular flexibility index (Phi) is 4.28. The van der Waals surface area contributed by atoms with Gasteiger partial charge in [0.15, 0.2) is 11.5 Å². The minimum absolute atomic E-state index is 0.290. The summed E-state index contributed by atoms with van der Waals surface area (Å²) in [4.78, 5) is 0. The van der Waals surface area contributed by atoms with Gasteiger partial charge in [0, 0.05) is 24.6 Å². The van der Waals surface area contributed by atoms with Gasteiger partial charge < -0.3 is 24.3 Å². The second-order valence-corrected chi connectivity index (χ2v) is 5.11. The zero-order valence-corrected chi connectivity index (χ0v) is 11.8. The second-order valence-electron chi connectivity index (χ2n) is 5.11. The molecule has 2 heterocycles. The van der Waals surface area contributed by atoms with Crippen molar-refractivity contribution in [3.05, 3.63) is 18.2 Å². The Morgan fingerprint density at radius 3 is 3.05 bits per heavy atom. The smallest absolute Gasteiger partial charge is 0.231 e. The number of ether oxygens (including phenoxy) is 4. The number of fused-ring (bicyclic) bond motifs is 1. The van der Waals surface area contributed by atoms with Crippen molar-refractivity contribution >= 4 is 0 Å². The van der Waals surface area contributed by atoms with Gasteiger partial charge in [-0.2, -0.15) is 0 Å². The first-order valence-electron chi connectivity index (χ1n) is 7.20. The molecule has 2 aliphatic rings. The molecule has 2 unspecified atom stereocenters. The molecule has 0 aromatic heterocycles. The van der Waals surface area contributed by atoms with Crippen molar-refractivity contribution < 1.29 is 18.9 Å². The molecule has 0 aliphatic carbocycles. The van der Waals surface area contributed by atoms with Gasteiger partial charge in [-0.3, -0.25) is 0 Å². The maximum absolute atomic E-state index is 5.90. The summed E-state index contributed by atoms with van der Waals surface area (Å²) in [6, 6.07) is 6.02. The van der Waals surface area contributed by atoms with Gasteiger partial charge in [0.25, 0.3) is 0 Å². The standard InChI is InChI=1S/C15H21NO4/c1-2-16-13(11-5-6-17-8-11)9-18-12-3-4-14-15(7-12)20-10-19-14/h3-4,7,11,13,16H,2,5-6,8-10H2,1H3. The average Bonchev–Trinajstić information content (AvgIpc) is 3.13. The Morgan fingerprint density at radius 1 is 1.35 bits per heavy atom. The maximum atomic E-state index is 5.90. The molecule has 1 aromatic carbocycles. The molecule has 0 spiro atoms. The Balaban J connectivity index is 1.58. The monoisotopic (exact) mass is 279 g/mol. The number of nitrogens with one attached hydrogen (secondary N) is 1. The number of likely N-dealkylation sites (N-methyl/N-ethyl adjacent to an activating group) is 1. The summed E-state index contributed by atoms with van der Waals surface area (Å²) in [6.07, 6.45) is 1.10. The molecule has 2 atom stereocenters. The van der Waals surface area contributed by atoms with Crippen LogP contribution in [0.3, 0.4) is 0 Å². The van der Waals surface area contributed by atoms with Gasteiger partial charge in [0.2, 0.25) is 6.79 Å². The lowest BCUT2D eigenvalue weighted by Gasteiger charge is -2.23. The molecular formula is C15H21NO4. The largest absolute Gasteiger partial charge is 0.492 e. The van der Waals surface area contributed by atoms with Crippen LogP contribution in [0.2, 0.25) is 0 Å². The second kappa shape index (κ2) is 6.33. The third-order valence-corrected chi connectivity index (χ3v) is 3.77. The van der Waals surface area contributed by atoms with Gasteiger partial charge in [0.05, 0.1) is 6.61 Å². The molecule has 5 heteroatoms. The van der Waals surface area contributed by atoms with Crippen molar-refractivity contribution in [3.63, 3.8) is 0 Å². The molecule has 2 aliphatic heterocycles. The van der Waals surface area contributed by atoms with Gasteiger partial charge in [0.1, 0.15) is 12.4 Å². The summed E-state index contributed by atoms with van der Waals surface area (Å²) >= 11 is 0. The van der Waals surface area contributed by atoms with Crippen LogP contribution in [-0.4, -0.2) is 39.2 Å². The first-order valence-corrected chi connectivity index (χ1v) is 7.20. The van der Waals surface area contributed by atoms with E-state index in [0.717, 1.165) is 43.4 Å². The third kappa shape index (κ3) is 2.99. The fraction of sp³-hybridized carbons (Fsp3) is 0.600.